The van der Waals surface area contributed by atoms with Crippen molar-refractivity contribution < 1.29 is 14.3 Å². The molecule has 0 radical (unpaired) electrons. The summed E-state index contributed by atoms with van der Waals surface area (Å²) in [6.45, 7) is 4.12. The lowest BCUT2D eigenvalue weighted by atomic mass is 10.2. The zero-order valence-electron chi connectivity index (χ0n) is 13.0. The summed E-state index contributed by atoms with van der Waals surface area (Å²) in [5.74, 6) is 0.374. The Morgan fingerprint density at radius 1 is 1.41 bits per heavy atom. The number of anilines is 1. The van der Waals surface area contributed by atoms with Crippen LogP contribution in [-0.4, -0.2) is 30.2 Å². The summed E-state index contributed by atoms with van der Waals surface area (Å²) in [6.07, 6.45) is 2.87. The molecule has 0 aliphatic heterocycles. The van der Waals surface area contributed by atoms with Gasteiger partial charge in [-0.2, -0.15) is 4.98 Å². The number of thiazole rings is 1. The molecule has 2 rings (SSSR count). The molecule has 0 saturated carbocycles. The zero-order chi connectivity index (χ0) is 16.1. The number of aryl methyl sites for hydroxylation is 1. The van der Waals surface area contributed by atoms with E-state index in [2.05, 4.69) is 22.2 Å². The van der Waals surface area contributed by atoms with Crippen molar-refractivity contribution in [2.24, 2.45) is 0 Å². The number of rotatable bonds is 6. The van der Waals surface area contributed by atoms with Crippen LogP contribution in [-0.2, 0) is 11.2 Å². The van der Waals surface area contributed by atoms with Gasteiger partial charge in [0.15, 0.2) is 0 Å². The van der Waals surface area contributed by atoms with Gasteiger partial charge in [-0.05, 0) is 25.5 Å². The third kappa shape index (κ3) is 3.54. The van der Waals surface area contributed by atoms with Crippen LogP contribution in [0.5, 0.6) is 5.88 Å². The Balaban J connectivity index is 2.17. The number of esters is 1. The third-order valence-electron chi connectivity index (χ3n) is 3.11. The van der Waals surface area contributed by atoms with Gasteiger partial charge in [0.2, 0.25) is 5.88 Å². The number of nitrogens with one attached hydrogen (secondary N) is 1. The monoisotopic (exact) mass is 321 g/mol. The second-order valence-corrected chi connectivity index (χ2v) is 5.78. The van der Waals surface area contributed by atoms with Gasteiger partial charge in [0.05, 0.1) is 20.3 Å². The Bertz CT molecular complexity index is 657. The van der Waals surface area contributed by atoms with Crippen molar-refractivity contribution in [3.63, 3.8) is 0 Å². The summed E-state index contributed by atoms with van der Waals surface area (Å²) in [7, 11) is 2.79. The van der Waals surface area contributed by atoms with E-state index >= 15 is 0 Å². The molecule has 0 fully saturated rings. The molecule has 2 heterocycles. The summed E-state index contributed by atoms with van der Waals surface area (Å²) >= 11 is 1.68. The summed E-state index contributed by atoms with van der Waals surface area (Å²) in [4.78, 5) is 21.6. The maximum absolute atomic E-state index is 11.6. The highest BCUT2D eigenvalue weighted by Gasteiger charge is 2.16. The topological polar surface area (TPSA) is 73.3 Å². The number of carbonyl (C=O) groups excluding carboxylic acids is 1. The number of methoxy groups -OCH3 is 2. The van der Waals surface area contributed by atoms with E-state index in [9.17, 15) is 4.79 Å². The average Bonchev–Trinajstić information content (AvgIpc) is 3.03. The van der Waals surface area contributed by atoms with Gasteiger partial charge in [-0.15, -0.1) is 11.3 Å². The fraction of sp³-hybridized carbons (Fsp3) is 0.400. The van der Waals surface area contributed by atoms with Gasteiger partial charge >= 0.3 is 5.97 Å². The van der Waals surface area contributed by atoms with Gasteiger partial charge < -0.3 is 14.8 Å². The van der Waals surface area contributed by atoms with Gasteiger partial charge in [-0.25, -0.2) is 9.78 Å². The Morgan fingerprint density at radius 3 is 2.77 bits per heavy atom. The number of aromatic nitrogens is 2. The highest BCUT2D eigenvalue weighted by molar-refractivity contribution is 7.11. The van der Waals surface area contributed by atoms with E-state index in [1.165, 1.54) is 19.1 Å². The van der Waals surface area contributed by atoms with Gasteiger partial charge in [-0.1, -0.05) is 6.92 Å². The molecule has 1 atom stereocenters. The van der Waals surface area contributed by atoms with Gasteiger partial charge in [0.25, 0.3) is 0 Å². The van der Waals surface area contributed by atoms with E-state index in [0.717, 1.165) is 11.4 Å². The van der Waals surface area contributed by atoms with Crippen molar-refractivity contribution >= 4 is 23.1 Å². The minimum atomic E-state index is -0.476. The summed E-state index contributed by atoms with van der Waals surface area (Å²) in [5.41, 5.74) is 0.297. The number of ether oxygens (including phenoxy) is 2. The van der Waals surface area contributed by atoms with Crippen LogP contribution in [0.4, 0.5) is 5.82 Å². The van der Waals surface area contributed by atoms with E-state index in [0.29, 0.717) is 11.4 Å². The molecular weight excluding hydrogens is 302 g/mol. The molecule has 2 aromatic heterocycles. The second-order valence-electron chi connectivity index (χ2n) is 4.63. The van der Waals surface area contributed by atoms with Crippen LogP contribution in [0, 0.1) is 0 Å². The van der Waals surface area contributed by atoms with Crippen molar-refractivity contribution in [3.05, 3.63) is 33.8 Å². The molecule has 6 nitrogen and oxygen atoms in total. The second kappa shape index (κ2) is 7.22. The molecule has 22 heavy (non-hydrogen) atoms. The minimum Gasteiger partial charge on any atom is -0.480 e. The lowest BCUT2D eigenvalue weighted by Gasteiger charge is -2.13. The van der Waals surface area contributed by atoms with Crippen molar-refractivity contribution in [2.75, 3.05) is 19.5 Å². The fourth-order valence-corrected chi connectivity index (χ4v) is 2.77. The van der Waals surface area contributed by atoms with Crippen LogP contribution in [0.2, 0.25) is 0 Å². The van der Waals surface area contributed by atoms with Gasteiger partial charge in [-0.3, -0.25) is 0 Å². The van der Waals surface area contributed by atoms with E-state index < -0.39 is 5.97 Å². The number of carbonyl (C=O) groups is 1. The Hall–Kier alpha value is -2.15. The van der Waals surface area contributed by atoms with Crippen LogP contribution in [0.3, 0.4) is 0 Å². The van der Waals surface area contributed by atoms with Gasteiger partial charge in [0, 0.05) is 11.1 Å². The van der Waals surface area contributed by atoms with E-state index in [-0.39, 0.29) is 11.9 Å². The molecule has 0 spiro atoms. The summed E-state index contributed by atoms with van der Waals surface area (Å²) < 4.78 is 9.85. The van der Waals surface area contributed by atoms with Crippen molar-refractivity contribution in [3.8, 4) is 5.88 Å². The molecule has 0 aromatic carbocycles. The lowest BCUT2D eigenvalue weighted by Crippen LogP contribution is -2.10. The third-order valence-corrected chi connectivity index (χ3v) is 4.44. The number of nitrogens with zero attached hydrogens (tertiary/aromatic N) is 2. The molecule has 0 aliphatic rings. The van der Waals surface area contributed by atoms with E-state index in [1.54, 1.807) is 23.5 Å². The van der Waals surface area contributed by atoms with Crippen LogP contribution >= 0.6 is 11.3 Å². The fourth-order valence-electron chi connectivity index (χ4n) is 1.91. The molecule has 7 heteroatoms. The standard InChI is InChI=1S/C15H19N3O3S/c1-5-10-8-16-14(22-10)9(2)17-12-7-6-11(15(19)21-4)13(18-12)20-3/h6-9H,5H2,1-4H3,(H,17,18). The molecule has 1 N–H and O–H groups in total. The highest BCUT2D eigenvalue weighted by Crippen LogP contribution is 2.25. The predicted molar refractivity (Wildman–Crippen MR) is 85.7 cm³/mol. The zero-order valence-corrected chi connectivity index (χ0v) is 13.9. The van der Waals surface area contributed by atoms with Crippen LogP contribution in [0.1, 0.15) is 40.1 Å². The van der Waals surface area contributed by atoms with Crippen molar-refractivity contribution in [2.45, 2.75) is 26.3 Å². The van der Waals surface area contributed by atoms with Crippen LogP contribution in [0.25, 0.3) is 0 Å². The first-order valence-corrected chi connectivity index (χ1v) is 7.75. The first-order chi connectivity index (χ1) is 10.6. The number of hydrogen-bond acceptors (Lipinski definition) is 7. The first-order valence-electron chi connectivity index (χ1n) is 6.93. The molecule has 2 aromatic rings. The summed E-state index contributed by atoms with van der Waals surface area (Å²) in [6, 6.07) is 3.37. The maximum Gasteiger partial charge on any atom is 0.343 e. The molecule has 0 amide bonds. The SMILES string of the molecule is CCc1cnc(C(C)Nc2ccc(C(=O)OC)c(OC)n2)s1. The van der Waals surface area contributed by atoms with E-state index in [1.807, 2.05) is 13.1 Å². The predicted octanol–water partition coefficient (Wildman–Crippen LogP) is 3.07. The van der Waals surface area contributed by atoms with Crippen molar-refractivity contribution in [1.29, 1.82) is 0 Å². The summed E-state index contributed by atoms with van der Waals surface area (Å²) in [5, 5.41) is 4.25. The molecule has 0 saturated heterocycles. The molecule has 1 unspecified atom stereocenters. The normalized spacial score (nSPS) is 11.8. The number of hydrogen-bond donors (Lipinski definition) is 1. The number of pyridine rings is 1. The largest absolute Gasteiger partial charge is 0.480 e. The lowest BCUT2D eigenvalue weighted by molar-refractivity contribution is 0.0596. The highest BCUT2D eigenvalue weighted by atomic mass is 32.1. The maximum atomic E-state index is 11.6. The molecular formula is C15H19N3O3S. The van der Waals surface area contributed by atoms with Crippen molar-refractivity contribution in [1.82, 2.24) is 9.97 Å². The average molecular weight is 321 g/mol. The Labute approximate surface area is 133 Å². The Morgan fingerprint density at radius 2 is 2.18 bits per heavy atom. The molecule has 0 bridgehead atoms. The van der Waals surface area contributed by atoms with Gasteiger partial charge in [0.1, 0.15) is 16.4 Å². The molecule has 0 aliphatic carbocycles. The minimum absolute atomic E-state index is 0.0199. The van der Waals surface area contributed by atoms with Crippen LogP contribution in [0.15, 0.2) is 18.3 Å². The van der Waals surface area contributed by atoms with Crippen LogP contribution < -0.4 is 10.1 Å². The molecule has 118 valence electrons. The first kappa shape index (κ1) is 16.2. The quantitative estimate of drug-likeness (QED) is 0.824. The van der Waals surface area contributed by atoms with E-state index in [4.69, 9.17) is 9.47 Å². The Kier molecular flexibility index (Phi) is 5.32. The smallest absolute Gasteiger partial charge is 0.343 e.